The van der Waals surface area contributed by atoms with E-state index in [0.29, 0.717) is 17.0 Å². The molecule has 0 bridgehead atoms. The summed E-state index contributed by atoms with van der Waals surface area (Å²) in [4.78, 5) is 28.2. The van der Waals surface area contributed by atoms with Crippen molar-refractivity contribution in [3.05, 3.63) is 75.2 Å². The predicted molar refractivity (Wildman–Crippen MR) is 112 cm³/mol. The van der Waals surface area contributed by atoms with Gasteiger partial charge in [-0.05, 0) is 43.0 Å². The van der Waals surface area contributed by atoms with Crippen LogP contribution in [0.25, 0.3) is 5.57 Å². The van der Waals surface area contributed by atoms with Gasteiger partial charge in [0, 0.05) is 5.25 Å². The minimum Gasteiger partial charge on any atom is -0.269 e. The Hall–Kier alpha value is -2.33. The van der Waals surface area contributed by atoms with Crippen LogP contribution in [0.5, 0.6) is 0 Å². The number of nitrogens with zero attached hydrogens (tertiary/aromatic N) is 1. The van der Waals surface area contributed by atoms with Crippen molar-refractivity contribution in [3.63, 3.8) is 0 Å². The number of imide groups is 1. The van der Waals surface area contributed by atoms with E-state index in [1.165, 1.54) is 22.2 Å². The molecule has 0 fully saturated rings. The highest BCUT2D eigenvalue weighted by atomic mass is 32.2. The first-order chi connectivity index (χ1) is 12.8. The summed E-state index contributed by atoms with van der Waals surface area (Å²) in [5.74, 6) is -0.389. The second kappa shape index (κ2) is 7.73. The molecule has 0 N–H and O–H groups in total. The van der Waals surface area contributed by atoms with Gasteiger partial charge in [-0.2, -0.15) is 0 Å². The van der Waals surface area contributed by atoms with Crippen LogP contribution in [0.4, 0.5) is 0 Å². The molecule has 4 heteroatoms. The molecule has 27 heavy (non-hydrogen) atoms. The Labute approximate surface area is 165 Å². The number of thioether (sulfide) groups is 1. The molecule has 140 valence electrons. The van der Waals surface area contributed by atoms with E-state index in [1.54, 1.807) is 0 Å². The SMILES string of the molecule is Cc1ccc(CN2C(=O)C(SC(C)C)=C(c3ccc(C)c(C)c3)C2=O)cc1. The zero-order valence-electron chi connectivity index (χ0n) is 16.5. The van der Waals surface area contributed by atoms with Crippen molar-refractivity contribution in [2.45, 2.75) is 46.4 Å². The van der Waals surface area contributed by atoms with Gasteiger partial charge in [-0.3, -0.25) is 14.5 Å². The van der Waals surface area contributed by atoms with Crippen molar-refractivity contribution in [1.29, 1.82) is 0 Å². The number of benzene rings is 2. The Kier molecular flexibility index (Phi) is 5.56. The zero-order valence-corrected chi connectivity index (χ0v) is 17.3. The molecule has 2 amide bonds. The highest BCUT2D eigenvalue weighted by molar-refractivity contribution is 8.04. The molecule has 1 heterocycles. The van der Waals surface area contributed by atoms with Gasteiger partial charge in [0.15, 0.2) is 0 Å². The summed E-state index contributed by atoms with van der Waals surface area (Å²) in [5, 5.41) is 0.220. The summed E-state index contributed by atoms with van der Waals surface area (Å²) < 4.78 is 0. The van der Waals surface area contributed by atoms with Gasteiger partial charge in [0.1, 0.15) is 0 Å². The third-order valence-electron chi connectivity index (χ3n) is 4.74. The number of hydrogen-bond acceptors (Lipinski definition) is 3. The minimum absolute atomic E-state index is 0.187. The van der Waals surface area contributed by atoms with Crippen LogP contribution in [0.15, 0.2) is 47.4 Å². The van der Waals surface area contributed by atoms with Gasteiger partial charge in [0.2, 0.25) is 0 Å². The Balaban J connectivity index is 2.00. The molecule has 0 saturated carbocycles. The molecule has 0 aromatic heterocycles. The summed E-state index contributed by atoms with van der Waals surface area (Å²) >= 11 is 1.47. The normalized spacial score (nSPS) is 14.7. The molecule has 1 aliphatic heterocycles. The Bertz CT molecular complexity index is 926. The van der Waals surface area contributed by atoms with Gasteiger partial charge in [-0.15, -0.1) is 11.8 Å². The van der Waals surface area contributed by atoms with Gasteiger partial charge in [-0.1, -0.05) is 61.9 Å². The van der Waals surface area contributed by atoms with E-state index in [2.05, 4.69) is 0 Å². The van der Waals surface area contributed by atoms with Gasteiger partial charge in [0.25, 0.3) is 11.8 Å². The highest BCUT2D eigenvalue weighted by Gasteiger charge is 2.39. The number of rotatable bonds is 5. The molecule has 0 radical (unpaired) electrons. The number of aryl methyl sites for hydroxylation is 3. The van der Waals surface area contributed by atoms with Crippen LogP contribution in [-0.4, -0.2) is 22.0 Å². The van der Waals surface area contributed by atoms with Crippen molar-refractivity contribution >= 4 is 29.1 Å². The van der Waals surface area contributed by atoms with Crippen LogP contribution in [0.1, 0.15) is 41.7 Å². The molecule has 3 rings (SSSR count). The predicted octanol–water partition coefficient (Wildman–Crippen LogP) is 5.03. The quantitative estimate of drug-likeness (QED) is 0.684. The number of hydrogen-bond donors (Lipinski definition) is 0. The second-order valence-corrected chi connectivity index (χ2v) is 8.94. The lowest BCUT2D eigenvalue weighted by Gasteiger charge is -2.15. The molecule has 2 aromatic rings. The summed E-state index contributed by atoms with van der Waals surface area (Å²) in [6.45, 7) is 10.5. The zero-order chi connectivity index (χ0) is 19.7. The van der Waals surface area contributed by atoms with Crippen LogP contribution in [0.3, 0.4) is 0 Å². The second-order valence-electron chi connectivity index (χ2n) is 7.35. The first kappa shape index (κ1) is 19.4. The maximum atomic E-state index is 13.2. The van der Waals surface area contributed by atoms with E-state index in [1.807, 2.05) is 77.1 Å². The molecule has 0 atom stereocenters. The number of carbonyl (C=O) groups excluding carboxylic acids is 2. The molecule has 0 unspecified atom stereocenters. The Morgan fingerprint density at radius 2 is 1.56 bits per heavy atom. The van der Waals surface area contributed by atoms with Crippen molar-refractivity contribution in [1.82, 2.24) is 4.90 Å². The van der Waals surface area contributed by atoms with Crippen molar-refractivity contribution < 1.29 is 9.59 Å². The van der Waals surface area contributed by atoms with Crippen LogP contribution >= 0.6 is 11.8 Å². The van der Waals surface area contributed by atoms with Crippen molar-refractivity contribution in [2.24, 2.45) is 0 Å². The molecular formula is C23H25NO2S. The molecule has 0 spiro atoms. The van der Waals surface area contributed by atoms with E-state index in [9.17, 15) is 9.59 Å². The van der Waals surface area contributed by atoms with Gasteiger partial charge < -0.3 is 0 Å². The van der Waals surface area contributed by atoms with E-state index >= 15 is 0 Å². The summed E-state index contributed by atoms with van der Waals surface area (Å²) in [6, 6.07) is 13.9. The first-order valence-corrected chi connectivity index (χ1v) is 10.1. The number of amides is 2. The fraction of sp³-hybridized carbons (Fsp3) is 0.304. The summed E-state index contributed by atoms with van der Waals surface area (Å²) in [5.41, 5.74) is 5.76. The van der Waals surface area contributed by atoms with E-state index in [4.69, 9.17) is 0 Å². The fourth-order valence-electron chi connectivity index (χ4n) is 3.07. The van der Waals surface area contributed by atoms with Crippen LogP contribution < -0.4 is 0 Å². The van der Waals surface area contributed by atoms with E-state index < -0.39 is 0 Å². The van der Waals surface area contributed by atoms with Gasteiger partial charge in [0.05, 0.1) is 17.0 Å². The van der Waals surface area contributed by atoms with Crippen LogP contribution in [-0.2, 0) is 16.1 Å². The van der Waals surface area contributed by atoms with Gasteiger partial charge in [-0.25, -0.2) is 0 Å². The lowest BCUT2D eigenvalue weighted by atomic mass is 10.0. The third-order valence-corrected chi connectivity index (χ3v) is 5.82. The van der Waals surface area contributed by atoms with E-state index in [-0.39, 0.29) is 17.1 Å². The first-order valence-electron chi connectivity index (χ1n) is 9.18. The summed E-state index contributed by atoms with van der Waals surface area (Å²) in [7, 11) is 0. The molecular weight excluding hydrogens is 354 g/mol. The molecule has 1 aliphatic rings. The van der Waals surface area contributed by atoms with E-state index in [0.717, 1.165) is 22.3 Å². The highest BCUT2D eigenvalue weighted by Crippen LogP contribution is 2.38. The lowest BCUT2D eigenvalue weighted by Crippen LogP contribution is -2.31. The summed E-state index contributed by atoms with van der Waals surface area (Å²) in [6.07, 6.45) is 0. The van der Waals surface area contributed by atoms with Crippen molar-refractivity contribution in [3.8, 4) is 0 Å². The van der Waals surface area contributed by atoms with Crippen molar-refractivity contribution in [2.75, 3.05) is 0 Å². The van der Waals surface area contributed by atoms with Crippen LogP contribution in [0.2, 0.25) is 0 Å². The third kappa shape index (κ3) is 4.01. The smallest absolute Gasteiger partial charge is 0.268 e. The standard InChI is InChI=1S/C23H25NO2S/c1-14(2)27-21-20(19-11-8-16(4)17(5)12-19)22(25)24(23(21)26)13-18-9-6-15(3)7-10-18/h6-12,14H,13H2,1-5H3. The molecule has 0 saturated heterocycles. The molecule has 2 aromatic carbocycles. The number of carbonyl (C=O) groups is 2. The molecule has 3 nitrogen and oxygen atoms in total. The van der Waals surface area contributed by atoms with Crippen LogP contribution in [0, 0.1) is 20.8 Å². The Morgan fingerprint density at radius 1 is 0.889 bits per heavy atom. The maximum absolute atomic E-state index is 13.2. The fourth-order valence-corrected chi connectivity index (χ4v) is 4.08. The molecule has 0 aliphatic carbocycles. The average molecular weight is 380 g/mol. The average Bonchev–Trinajstić information content (AvgIpc) is 2.83. The maximum Gasteiger partial charge on any atom is 0.268 e. The Morgan fingerprint density at radius 3 is 2.15 bits per heavy atom. The topological polar surface area (TPSA) is 37.4 Å². The van der Waals surface area contributed by atoms with Gasteiger partial charge >= 0.3 is 0 Å². The lowest BCUT2D eigenvalue weighted by molar-refractivity contribution is -0.137. The monoisotopic (exact) mass is 379 g/mol. The largest absolute Gasteiger partial charge is 0.269 e. The minimum atomic E-state index is -0.202.